The molecule has 0 aromatic rings. The number of hydrogen-bond donors (Lipinski definition) is 1. The van der Waals surface area contributed by atoms with Gasteiger partial charge in [-0.05, 0) is 50.5 Å². The van der Waals surface area contributed by atoms with Crippen LogP contribution < -0.4 is 0 Å². The molecule has 2 fully saturated rings. The standard InChI is InChI=1S/C16H31NO2/c1-13(12-19-3)11-17(2)15-10-14(18)6-9-16(15)7-4-5-8-16/h13-15,18H,4-12H2,1-3H3. The van der Waals surface area contributed by atoms with Crippen LogP contribution in [0, 0.1) is 11.3 Å². The fourth-order valence-electron chi connectivity index (χ4n) is 4.51. The van der Waals surface area contributed by atoms with Crippen LogP contribution in [-0.4, -0.2) is 49.5 Å². The van der Waals surface area contributed by atoms with Crippen LogP contribution in [0.1, 0.15) is 51.9 Å². The van der Waals surface area contributed by atoms with Crippen molar-refractivity contribution in [2.45, 2.75) is 64.0 Å². The van der Waals surface area contributed by atoms with E-state index >= 15 is 0 Å². The van der Waals surface area contributed by atoms with Gasteiger partial charge >= 0.3 is 0 Å². The van der Waals surface area contributed by atoms with E-state index in [4.69, 9.17) is 4.74 Å². The van der Waals surface area contributed by atoms with Crippen molar-refractivity contribution in [3.05, 3.63) is 0 Å². The Hall–Kier alpha value is -0.120. The molecular formula is C16H31NO2. The Kier molecular flexibility index (Phi) is 5.27. The summed E-state index contributed by atoms with van der Waals surface area (Å²) >= 11 is 0. The smallest absolute Gasteiger partial charge is 0.0555 e. The van der Waals surface area contributed by atoms with E-state index in [0.29, 0.717) is 17.4 Å². The first-order valence-corrected chi connectivity index (χ1v) is 7.94. The van der Waals surface area contributed by atoms with Gasteiger partial charge in [0.05, 0.1) is 6.10 Å². The number of aliphatic hydroxyl groups excluding tert-OH is 1. The minimum absolute atomic E-state index is 0.0867. The Morgan fingerprint density at radius 1 is 1.32 bits per heavy atom. The molecule has 0 aromatic carbocycles. The molecule has 0 amide bonds. The zero-order valence-corrected chi connectivity index (χ0v) is 12.9. The van der Waals surface area contributed by atoms with Crippen molar-refractivity contribution in [2.75, 3.05) is 27.3 Å². The van der Waals surface area contributed by atoms with Crippen molar-refractivity contribution in [3.8, 4) is 0 Å². The molecular weight excluding hydrogens is 238 g/mol. The SMILES string of the molecule is COCC(C)CN(C)C1CC(O)CCC12CCCC2. The van der Waals surface area contributed by atoms with Crippen molar-refractivity contribution in [1.29, 1.82) is 0 Å². The first kappa shape index (κ1) is 15.3. The van der Waals surface area contributed by atoms with Gasteiger partial charge in [0.1, 0.15) is 0 Å². The minimum atomic E-state index is -0.0867. The van der Waals surface area contributed by atoms with Crippen LogP contribution in [0.25, 0.3) is 0 Å². The summed E-state index contributed by atoms with van der Waals surface area (Å²) in [5.41, 5.74) is 0.501. The van der Waals surface area contributed by atoms with E-state index in [1.807, 2.05) is 0 Å². The molecule has 112 valence electrons. The Bertz CT molecular complexity index is 276. The molecule has 1 N–H and O–H groups in total. The summed E-state index contributed by atoms with van der Waals surface area (Å²) in [6.07, 6.45) is 8.62. The number of hydrogen-bond acceptors (Lipinski definition) is 3. The topological polar surface area (TPSA) is 32.7 Å². The Morgan fingerprint density at radius 2 is 2.00 bits per heavy atom. The molecule has 2 aliphatic rings. The van der Waals surface area contributed by atoms with Crippen molar-refractivity contribution < 1.29 is 9.84 Å². The molecule has 0 aromatic heterocycles. The summed E-state index contributed by atoms with van der Waals surface area (Å²) in [5.74, 6) is 0.563. The molecule has 2 saturated carbocycles. The average Bonchev–Trinajstić information content (AvgIpc) is 2.82. The fraction of sp³-hybridized carbons (Fsp3) is 1.00. The molecule has 3 heteroatoms. The second kappa shape index (κ2) is 6.55. The van der Waals surface area contributed by atoms with Gasteiger partial charge in [-0.2, -0.15) is 0 Å². The number of rotatable bonds is 5. The van der Waals surface area contributed by atoms with Crippen molar-refractivity contribution in [2.24, 2.45) is 11.3 Å². The van der Waals surface area contributed by atoms with Gasteiger partial charge in [-0.1, -0.05) is 19.8 Å². The number of nitrogens with zero attached hydrogens (tertiary/aromatic N) is 1. The fourth-order valence-corrected chi connectivity index (χ4v) is 4.51. The lowest BCUT2D eigenvalue weighted by molar-refractivity contribution is -0.0240. The van der Waals surface area contributed by atoms with Crippen LogP contribution in [0.4, 0.5) is 0 Å². The molecule has 2 aliphatic carbocycles. The van der Waals surface area contributed by atoms with Crippen LogP contribution in [-0.2, 0) is 4.74 Å². The second-order valence-corrected chi connectivity index (χ2v) is 7.01. The van der Waals surface area contributed by atoms with Gasteiger partial charge in [-0.15, -0.1) is 0 Å². The second-order valence-electron chi connectivity index (χ2n) is 7.01. The van der Waals surface area contributed by atoms with Gasteiger partial charge in [0.15, 0.2) is 0 Å². The predicted octanol–water partition coefficient (Wildman–Crippen LogP) is 2.67. The average molecular weight is 269 g/mol. The van der Waals surface area contributed by atoms with Gasteiger partial charge in [-0.3, -0.25) is 0 Å². The first-order valence-electron chi connectivity index (χ1n) is 7.94. The number of ether oxygens (including phenoxy) is 1. The van der Waals surface area contributed by atoms with Crippen molar-refractivity contribution >= 4 is 0 Å². The highest BCUT2D eigenvalue weighted by Gasteiger charge is 2.46. The molecule has 0 aliphatic heterocycles. The van der Waals surface area contributed by atoms with E-state index in [1.54, 1.807) is 7.11 Å². The van der Waals surface area contributed by atoms with E-state index in [0.717, 1.165) is 26.0 Å². The summed E-state index contributed by atoms with van der Waals surface area (Å²) in [6.45, 7) is 4.15. The molecule has 1 spiro atoms. The molecule has 3 nitrogen and oxygen atoms in total. The maximum atomic E-state index is 10.1. The quantitative estimate of drug-likeness (QED) is 0.833. The molecule has 0 heterocycles. The normalized spacial score (nSPS) is 32.1. The monoisotopic (exact) mass is 269 g/mol. The summed E-state index contributed by atoms with van der Waals surface area (Å²) in [4.78, 5) is 2.51. The molecule has 3 atom stereocenters. The molecule has 3 unspecified atom stereocenters. The van der Waals surface area contributed by atoms with E-state index in [-0.39, 0.29) is 6.10 Å². The summed E-state index contributed by atoms with van der Waals surface area (Å²) in [6, 6.07) is 0.568. The highest BCUT2D eigenvalue weighted by molar-refractivity contribution is 4.99. The lowest BCUT2D eigenvalue weighted by Gasteiger charge is -2.48. The Balaban J connectivity index is 2.00. The van der Waals surface area contributed by atoms with E-state index in [2.05, 4.69) is 18.9 Å². The van der Waals surface area contributed by atoms with Gasteiger partial charge in [0, 0.05) is 26.3 Å². The van der Waals surface area contributed by atoms with Gasteiger partial charge in [-0.25, -0.2) is 0 Å². The predicted molar refractivity (Wildman–Crippen MR) is 78.2 cm³/mol. The first-order chi connectivity index (χ1) is 9.07. The van der Waals surface area contributed by atoms with Crippen LogP contribution in [0.5, 0.6) is 0 Å². The molecule has 0 radical (unpaired) electrons. The highest BCUT2D eigenvalue weighted by atomic mass is 16.5. The third-order valence-corrected chi connectivity index (χ3v) is 5.36. The molecule has 0 bridgehead atoms. The summed E-state index contributed by atoms with van der Waals surface area (Å²) in [5, 5.41) is 10.1. The maximum absolute atomic E-state index is 10.1. The molecule has 0 saturated heterocycles. The Labute approximate surface area is 118 Å². The highest BCUT2D eigenvalue weighted by Crippen LogP contribution is 2.50. The third kappa shape index (κ3) is 3.50. The largest absolute Gasteiger partial charge is 0.393 e. The van der Waals surface area contributed by atoms with Crippen LogP contribution >= 0.6 is 0 Å². The van der Waals surface area contributed by atoms with E-state index in [1.165, 1.54) is 32.1 Å². The minimum Gasteiger partial charge on any atom is -0.393 e. The Morgan fingerprint density at radius 3 is 2.63 bits per heavy atom. The molecule has 19 heavy (non-hydrogen) atoms. The zero-order chi connectivity index (χ0) is 13.9. The number of aliphatic hydroxyl groups is 1. The van der Waals surface area contributed by atoms with E-state index in [9.17, 15) is 5.11 Å². The van der Waals surface area contributed by atoms with Crippen LogP contribution in [0.15, 0.2) is 0 Å². The van der Waals surface area contributed by atoms with Gasteiger partial charge in [0.2, 0.25) is 0 Å². The maximum Gasteiger partial charge on any atom is 0.0555 e. The van der Waals surface area contributed by atoms with Gasteiger partial charge in [0.25, 0.3) is 0 Å². The van der Waals surface area contributed by atoms with E-state index < -0.39 is 0 Å². The zero-order valence-electron chi connectivity index (χ0n) is 12.9. The van der Waals surface area contributed by atoms with Crippen LogP contribution in [0.3, 0.4) is 0 Å². The summed E-state index contributed by atoms with van der Waals surface area (Å²) in [7, 11) is 4.02. The summed E-state index contributed by atoms with van der Waals surface area (Å²) < 4.78 is 5.25. The van der Waals surface area contributed by atoms with Crippen molar-refractivity contribution in [1.82, 2.24) is 4.90 Å². The number of methoxy groups -OCH3 is 1. The van der Waals surface area contributed by atoms with Gasteiger partial charge < -0.3 is 14.7 Å². The third-order valence-electron chi connectivity index (χ3n) is 5.36. The lowest BCUT2D eigenvalue weighted by Crippen LogP contribution is -2.51. The lowest BCUT2D eigenvalue weighted by atomic mass is 9.67. The van der Waals surface area contributed by atoms with Crippen molar-refractivity contribution in [3.63, 3.8) is 0 Å². The van der Waals surface area contributed by atoms with Crippen LogP contribution in [0.2, 0.25) is 0 Å². The molecule has 2 rings (SSSR count).